The third kappa shape index (κ3) is 4.94. The van der Waals surface area contributed by atoms with E-state index in [4.69, 9.17) is 30.6 Å². The van der Waals surface area contributed by atoms with E-state index in [0.29, 0.717) is 33.5 Å². The molecule has 266 valence electrons. The van der Waals surface area contributed by atoms with Gasteiger partial charge in [0.1, 0.15) is 22.3 Å². The summed E-state index contributed by atoms with van der Waals surface area (Å²) in [4.78, 5) is 14.8. The molecule has 4 heterocycles. The maximum Gasteiger partial charge on any atom is 0.167 e. The van der Waals surface area contributed by atoms with Crippen molar-refractivity contribution in [3.63, 3.8) is 0 Å². The van der Waals surface area contributed by atoms with E-state index in [1.807, 2.05) is 72.8 Å². The summed E-state index contributed by atoms with van der Waals surface area (Å²) in [6.45, 7) is 0. The van der Waals surface area contributed by atoms with Gasteiger partial charge in [0.05, 0.1) is 23.5 Å². The van der Waals surface area contributed by atoms with E-state index >= 15 is 0 Å². The zero-order valence-corrected chi connectivity index (χ0v) is 30.0. The molecule has 0 radical (unpaired) electrons. The summed E-state index contributed by atoms with van der Waals surface area (Å²) < 4.78 is 58.2. The molecule has 0 atom stereocenters. The highest BCUT2D eigenvalue weighted by Gasteiger charge is 2.21. The molecule has 0 aliphatic rings. The Morgan fingerprint density at radius 2 is 1.12 bits per heavy atom. The van der Waals surface area contributed by atoms with Crippen molar-refractivity contribution >= 4 is 65.7 Å². The van der Waals surface area contributed by atoms with Crippen molar-refractivity contribution in [2.75, 3.05) is 0 Å². The van der Waals surface area contributed by atoms with Crippen LogP contribution in [0.5, 0.6) is 0 Å². The first kappa shape index (κ1) is 26.9. The fourth-order valence-corrected chi connectivity index (χ4v) is 8.21. The molecule has 0 spiro atoms. The molecule has 6 nitrogen and oxygen atoms in total. The van der Waals surface area contributed by atoms with Crippen molar-refractivity contribution in [3.8, 4) is 51.0 Å². The van der Waals surface area contributed by atoms with Gasteiger partial charge in [0.25, 0.3) is 0 Å². The first-order chi connectivity index (χ1) is 30.3. The Morgan fingerprint density at radius 1 is 0.421 bits per heavy atom. The predicted octanol–water partition coefficient (Wildman–Crippen LogP) is 13.4. The second-order valence-electron chi connectivity index (χ2n) is 14.0. The van der Waals surface area contributed by atoms with Crippen LogP contribution in [0, 0.1) is 0 Å². The number of para-hydroxylation sites is 3. The van der Waals surface area contributed by atoms with Crippen molar-refractivity contribution in [1.29, 1.82) is 0 Å². The second kappa shape index (κ2) is 12.3. The van der Waals surface area contributed by atoms with E-state index < -0.39 is 30.2 Å². The van der Waals surface area contributed by atoms with E-state index in [2.05, 4.69) is 83.4 Å². The molecule has 4 aromatic heterocycles. The summed E-state index contributed by atoms with van der Waals surface area (Å²) in [5.41, 5.74) is 8.94. The molecule has 0 aliphatic heterocycles. The van der Waals surface area contributed by atoms with Crippen molar-refractivity contribution in [1.82, 2.24) is 19.5 Å². The molecular weight excluding hydrogens is 701 g/mol. The highest BCUT2D eigenvalue weighted by Crippen LogP contribution is 2.41. The Kier molecular flexibility index (Phi) is 5.82. The van der Waals surface area contributed by atoms with Gasteiger partial charge in [-0.2, -0.15) is 0 Å². The van der Waals surface area contributed by atoms with Gasteiger partial charge in [-0.1, -0.05) is 127 Å². The number of nitrogens with zero attached hydrogens (tertiary/aromatic N) is 4. The predicted molar refractivity (Wildman–Crippen MR) is 230 cm³/mol. The Morgan fingerprint density at radius 3 is 2.02 bits per heavy atom. The number of aromatic nitrogens is 4. The van der Waals surface area contributed by atoms with Crippen molar-refractivity contribution < 1.29 is 15.7 Å². The van der Waals surface area contributed by atoms with Gasteiger partial charge < -0.3 is 13.4 Å². The molecule has 0 aliphatic carbocycles. The Hall–Kier alpha value is -7.83. The highest BCUT2D eigenvalue weighted by atomic mass is 16.3. The van der Waals surface area contributed by atoms with Crippen LogP contribution < -0.4 is 0 Å². The van der Waals surface area contributed by atoms with Gasteiger partial charge in [-0.3, -0.25) is 0 Å². The quantitative estimate of drug-likeness (QED) is 0.176. The fraction of sp³-hybridized carbons (Fsp3) is 0. The largest absolute Gasteiger partial charge is 0.456 e. The minimum Gasteiger partial charge on any atom is -0.456 e. The van der Waals surface area contributed by atoms with Crippen LogP contribution >= 0.6 is 0 Å². The van der Waals surface area contributed by atoms with E-state index in [0.717, 1.165) is 60.2 Å². The summed E-state index contributed by atoms with van der Waals surface area (Å²) in [5, 5.41) is 5.67. The molecule has 0 saturated heterocycles. The van der Waals surface area contributed by atoms with Gasteiger partial charge in [-0.15, -0.1) is 0 Å². The van der Waals surface area contributed by atoms with Crippen LogP contribution in [0.4, 0.5) is 0 Å². The van der Waals surface area contributed by atoms with Gasteiger partial charge in [0.15, 0.2) is 17.5 Å². The first-order valence-electron chi connectivity index (χ1n) is 21.1. The third-order valence-corrected chi connectivity index (χ3v) is 10.8. The lowest BCUT2D eigenvalue weighted by molar-refractivity contribution is 0.668. The fourth-order valence-electron chi connectivity index (χ4n) is 8.21. The molecule has 57 heavy (non-hydrogen) atoms. The molecule has 6 heteroatoms. The standard InChI is InChI=1S/C51H30N4O2/c1-3-13-31(14-4-1)33-25-28-43-41(29-33)35-17-7-9-22-42(35)55(43)34-26-27-38-46(30-34)56-45-24-12-20-39(47(38)45)50-52-49(32-15-5-2-6-16-32)53-51(54-50)40-21-11-19-37-36-18-8-10-23-44(36)57-48(37)40/h1-30H/i2D,5D,6D,15D,16D. The molecule has 0 bridgehead atoms. The number of hydrogen-bond donors (Lipinski definition) is 0. The zero-order valence-electron chi connectivity index (χ0n) is 35.0. The van der Waals surface area contributed by atoms with E-state index in [-0.39, 0.29) is 23.0 Å². The van der Waals surface area contributed by atoms with Crippen LogP contribution in [0.2, 0.25) is 0 Å². The van der Waals surface area contributed by atoms with Crippen molar-refractivity contribution in [2.45, 2.75) is 0 Å². The van der Waals surface area contributed by atoms with E-state index in [1.54, 1.807) is 0 Å². The van der Waals surface area contributed by atoms with Gasteiger partial charge in [-0.25, -0.2) is 15.0 Å². The second-order valence-corrected chi connectivity index (χ2v) is 14.0. The smallest absolute Gasteiger partial charge is 0.167 e. The number of furan rings is 2. The number of fused-ring (bicyclic) bond motifs is 9. The van der Waals surface area contributed by atoms with Crippen molar-refractivity contribution in [2.24, 2.45) is 0 Å². The zero-order chi connectivity index (χ0) is 41.8. The number of benzene rings is 8. The van der Waals surface area contributed by atoms with Gasteiger partial charge in [0.2, 0.25) is 0 Å². The average Bonchev–Trinajstić information content (AvgIpc) is 3.99. The summed E-state index contributed by atoms with van der Waals surface area (Å²) >= 11 is 0. The number of rotatable bonds is 5. The van der Waals surface area contributed by atoms with E-state index in [1.165, 1.54) is 0 Å². The Labute approximate surface area is 332 Å². The topological polar surface area (TPSA) is 69.9 Å². The monoisotopic (exact) mass is 735 g/mol. The minimum absolute atomic E-state index is 0.0658. The van der Waals surface area contributed by atoms with Crippen LogP contribution in [-0.4, -0.2) is 19.5 Å². The lowest BCUT2D eigenvalue weighted by Crippen LogP contribution is -2.00. The Balaban J connectivity index is 1.07. The van der Waals surface area contributed by atoms with Crippen LogP contribution in [-0.2, 0) is 0 Å². The highest BCUT2D eigenvalue weighted by molar-refractivity contribution is 6.14. The maximum absolute atomic E-state index is 8.86. The molecule has 0 N–H and O–H groups in total. The molecule has 8 aromatic carbocycles. The lowest BCUT2D eigenvalue weighted by atomic mass is 10.0. The van der Waals surface area contributed by atoms with Crippen LogP contribution in [0.25, 0.3) is 117 Å². The normalized spacial score (nSPS) is 13.1. The van der Waals surface area contributed by atoms with Crippen LogP contribution in [0.15, 0.2) is 191 Å². The molecule has 0 fully saturated rings. The molecule has 12 aromatic rings. The molecule has 12 rings (SSSR count). The van der Waals surface area contributed by atoms with Crippen LogP contribution in [0.1, 0.15) is 6.85 Å². The summed E-state index contributed by atoms with van der Waals surface area (Å²) in [5.74, 6) is 0.387. The van der Waals surface area contributed by atoms with Crippen molar-refractivity contribution in [3.05, 3.63) is 182 Å². The van der Waals surface area contributed by atoms with E-state index in [9.17, 15) is 0 Å². The summed E-state index contributed by atoms with van der Waals surface area (Å²) in [6.07, 6.45) is 0. The third-order valence-electron chi connectivity index (χ3n) is 10.8. The maximum atomic E-state index is 8.86. The van der Waals surface area contributed by atoms with Crippen LogP contribution in [0.3, 0.4) is 0 Å². The molecule has 0 saturated carbocycles. The minimum atomic E-state index is -0.503. The Bertz CT molecular complexity index is 3810. The molecule has 0 amide bonds. The lowest BCUT2D eigenvalue weighted by Gasteiger charge is -2.10. The first-order valence-corrected chi connectivity index (χ1v) is 18.6. The summed E-state index contributed by atoms with van der Waals surface area (Å²) in [6, 6.07) is 48.4. The van der Waals surface area contributed by atoms with Gasteiger partial charge in [0, 0.05) is 55.2 Å². The molecule has 0 unspecified atom stereocenters. The van der Waals surface area contributed by atoms with Gasteiger partial charge >= 0.3 is 0 Å². The average molecular weight is 736 g/mol. The number of hydrogen-bond acceptors (Lipinski definition) is 5. The molecular formula is C51H30N4O2. The SMILES string of the molecule is [2H]c1c([2H])c([2H])c(-c2nc(-c3cccc4c3oc3ccccc34)nc(-c3cccc4oc5cc(-n6c7ccccc7c7cc(-c8ccccc8)ccc76)ccc5c34)n2)c([2H])c1[2H]. The van der Waals surface area contributed by atoms with Gasteiger partial charge in [-0.05, 0) is 59.7 Å². The summed E-state index contributed by atoms with van der Waals surface area (Å²) in [7, 11) is 0.